The van der Waals surface area contributed by atoms with Gasteiger partial charge in [-0.05, 0) is 65.4 Å². The molecule has 3 aromatic rings. The van der Waals surface area contributed by atoms with Gasteiger partial charge in [0, 0.05) is 5.56 Å². The van der Waals surface area contributed by atoms with E-state index in [1.165, 1.54) is 40.7 Å². The van der Waals surface area contributed by atoms with Gasteiger partial charge in [-0.15, -0.1) is 11.3 Å². The molecule has 1 amide bonds. The molecular weight excluding hydrogens is 504 g/mol. The Balaban J connectivity index is 1.64. The second-order valence-corrected chi connectivity index (χ2v) is 8.25. The summed E-state index contributed by atoms with van der Waals surface area (Å²) in [6.45, 7) is 0. The first kappa shape index (κ1) is 20.0. The Bertz CT molecular complexity index is 1080. The van der Waals surface area contributed by atoms with Crippen molar-refractivity contribution in [2.24, 2.45) is 0 Å². The molecule has 4 rings (SSSR count). The number of aryl methyl sites for hydroxylation is 1. The maximum Gasteiger partial charge on any atom is 0.350 e. The van der Waals surface area contributed by atoms with Crippen molar-refractivity contribution in [1.29, 1.82) is 0 Å². The first-order chi connectivity index (χ1) is 14.1. The van der Waals surface area contributed by atoms with Crippen molar-refractivity contribution in [3.8, 4) is 0 Å². The molecule has 1 aromatic heterocycles. The summed E-state index contributed by atoms with van der Waals surface area (Å²) >= 11 is 2.85. The highest BCUT2D eigenvalue weighted by Gasteiger charge is 2.29. The molecule has 4 nitrogen and oxygen atoms in total. The number of thiophene rings is 1. The number of nitrogens with one attached hydrogen (secondary N) is 1. The predicted octanol–water partition coefficient (Wildman–Crippen LogP) is 5.92. The van der Waals surface area contributed by atoms with Crippen molar-refractivity contribution < 1.29 is 17.0 Å². The number of anilines is 1. The Morgan fingerprint density at radius 1 is 1.14 bits per heavy atom. The van der Waals surface area contributed by atoms with Crippen molar-refractivity contribution in [3.05, 3.63) is 87.5 Å². The zero-order valence-electron chi connectivity index (χ0n) is 15.3. The van der Waals surface area contributed by atoms with E-state index in [4.69, 9.17) is 3.07 Å². The van der Waals surface area contributed by atoms with Gasteiger partial charge in [-0.1, -0.05) is 30.3 Å². The zero-order chi connectivity index (χ0) is 20.4. The van der Waals surface area contributed by atoms with Crippen molar-refractivity contribution in [1.82, 2.24) is 0 Å². The molecule has 1 heterocycles. The number of hydrogen-bond acceptors (Lipinski definition) is 4. The maximum absolute atomic E-state index is 13.4. The van der Waals surface area contributed by atoms with Crippen LogP contribution >= 0.6 is 34.3 Å². The van der Waals surface area contributed by atoms with Crippen molar-refractivity contribution in [3.63, 3.8) is 0 Å². The van der Waals surface area contributed by atoms with Crippen LogP contribution in [0.4, 0.5) is 9.39 Å². The molecule has 1 N–H and O–H groups in total. The topological polar surface area (TPSA) is 55.4 Å². The second-order valence-electron chi connectivity index (χ2n) is 6.93. The Morgan fingerprint density at radius 3 is 2.69 bits per heavy atom. The average molecular weight is 521 g/mol. The number of halogens is 2. The summed E-state index contributed by atoms with van der Waals surface area (Å²) in [5, 5.41) is 5.10. The summed E-state index contributed by atoms with van der Waals surface area (Å²) < 4.78 is 18.4. The van der Waals surface area contributed by atoms with Gasteiger partial charge in [0.2, 0.25) is 0 Å². The van der Waals surface area contributed by atoms with Crippen LogP contribution < -0.4 is 5.32 Å². The van der Waals surface area contributed by atoms with Gasteiger partial charge in [0.05, 0.1) is 5.56 Å². The number of fused-ring (bicyclic) bond motifs is 1. The number of hydrogen-bond donors (Lipinski definition) is 1. The SMILES string of the molecule is O=C(Nc1scc(C2CCc3ccccc3C2)c1C(=O)OI)c1cccc(F)c1. The maximum atomic E-state index is 13.4. The summed E-state index contributed by atoms with van der Waals surface area (Å²) in [6, 6.07) is 13.8. The molecule has 0 aliphatic heterocycles. The third-order valence-electron chi connectivity index (χ3n) is 5.19. The molecule has 1 aliphatic rings. The molecule has 7 heteroatoms. The molecule has 0 bridgehead atoms. The van der Waals surface area contributed by atoms with Crippen LogP contribution in [0.3, 0.4) is 0 Å². The summed E-state index contributed by atoms with van der Waals surface area (Å²) in [4.78, 5) is 25.1. The fourth-order valence-electron chi connectivity index (χ4n) is 3.78. The zero-order valence-corrected chi connectivity index (χ0v) is 18.3. The molecular formula is C22H17FINO3S. The van der Waals surface area contributed by atoms with Crippen LogP contribution in [0.2, 0.25) is 0 Å². The van der Waals surface area contributed by atoms with E-state index in [1.54, 1.807) is 23.0 Å². The molecule has 0 saturated heterocycles. The number of carbonyl (C=O) groups is 2. The van der Waals surface area contributed by atoms with Gasteiger partial charge in [0.25, 0.3) is 5.91 Å². The fourth-order valence-corrected chi connectivity index (χ4v) is 5.03. The minimum absolute atomic E-state index is 0.173. The Morgan fingerprint density at radius 2 is 1.93 bits per heavy atom. The molecule has 0 fully saturated rings. The predicted molar refractivity (Wildman–Crippen MR) is 119 cm³/mol. The average Bonchev–Trinajstić information content (AvgIpc) is 3.16. The summed E-state index contributed by atoms with van der Waals surface area (Å²) in [7, 11) is 0. The third kappa shape index (κ3) is 4.20. The van der Waals surface area contributed by atoms with Crippen LogP contribution in [0.1, 0.15) is 49.7 Å². The van der Waals surface area contributed by atoms with Crippen molar-refractivity contribution in [2.75, 3.05) is 5.32 Å². The monoisotopic (exact) mass is 521 g/mol. The lowest BCUT2D eigenvalue weighted by atomic mass is 9.80. The van der Waals surface area contributed by atoms with E-state index < -0.39 is 17.7 Å². The molecule has 1 aliphatic carbocycles. The smallest absolute Gasteiger partial charge is 0.350 e. The number of benzene rings is 2. The number of amides is 1. The van der Waals surface area contributed by atoms with Gasteiger partial charge < -0.3 is 8.38 Å². The van der Waals surface area contributed by atoms with Crippen LogP contribution in [0, 0.1) is 5.82 Å². The Labute approximate surface area is 185 Å². The van der Waals surface area contributed by atoms with Gasteiger partial charge in [0.15, 0.2) is 23.0 Å². The van der Waals surface area contributed by atoms with Crippen LogP contribution in [-0.4, -0.2) is 11.9 Å². The number of carbonyl (C=O) groups excluding carboxylic acids is 2. The van der Waals surface area contributed by atoms with E-state index in [9.17, 15) is 14.0 Å². The van der Waals surface area contributed by atoms with Crippen LogP contribution in [0.5, 0.6) is 0 Å². The Kier molecular flexibility index (Phi) is 5.96. The highest BCUT2D eigenvalue weighted by atomic mass is 127. The van der Waals surface area contributed by atoms with E-state index in [2.05, 4.69) is 17.4 Å². The van der Waals surface area contributed by atoms with Gasteiger partial charge in [-0.3, -0.25) is 4.79 Å². The molecule has 0 spiro atoms. The third-order valence-corrected chi connectivity index (χ3v) is 6.51. The van der Waals surface area contributed by atoms with Crippen LogP contribution in [0.25, 0.3) is 0 Å². The van der Waals surface area contributed by atoms with E-state index in [0.717, 1.165) is 30.9 Å². The molecule has 0 radical (unpaired) electrons. The highest BCUT2D eigenvalue weighted by Crippen LogP contribution is 2.40. The summed E-state index contributed by atoms with van der Waals surface area (Å²) in [6.07, 6.45) is 2.71. The first-order valence-corrected chi connectivity index (χ1v) is 10.9. The van der Waals surface area contributed by atoms with E-state index >= 15 is 0 Å². The molecule has 1 unspecified atom stereocenters. The lowest BCUT2D eigenvalue weighted by Crippen LogP contribution is -2.17. The van der Waals surface area contributed by atoms with E-state index in [1.807, 2.05) is 17.5 Å². The number of rotatable bonds is 4. The second kappa shape index (κ2) is 8.62. The first-order valence-electron chi connectivity index (χ1n) is 9.15. The summed E-state index contributed by atoms with van der Waals surface area (Å²) in [5.74, 6) is -1.27. The van der Waals surface area contributed by atoms with E-state index in [-0.39, 0.29) is 11.5 Å². The van der Waals surface area contributed by atoms with Gasteiger partial charge in [-0.2, -0.15) is 0 Å². The highest BCUT2D eigenvalue weighted by molar-refractivity contribution is 14.1. The minimum atomic E-state index is -0.491. The lowest BCUT2D eigenvalue weighted by molar-refractivity contribution is 0.0800. The molecule has 0 saturated carbocycles. The van der Waals surface area contributed by atoms with Crippen LogP contribution in [-0.2, 0) is 15.9 Å². The van der Waals surface area contributed by atoms with E-state index in [0.29, 0.717) is 10.6 Å². The molecule has 148 valence electrons. The van der Waals surface area contributed by atoms with Gasteiger partial charge in [0.1, 0.15) is 10.8 Å². The fraction of sp³-hybridized carbons (Fsp3) is 0.182. The molecule has 1 atom stereocenters. The van der Waals surface area contributed by atoms with Crippen LogP contribution in [0.15, 0.2) is 53.9 Å². The van der Waals surface area contributed by atoms with Crippen molar-refractivity contribution >= 4 is 51.2 Å². The molecule has 29 heavy (non-hydrogen) atoms. The standard InChI is InChI=1S/C22H17FINO3S/c23-17-7-3-6-16(11-17)20(26)25-21-19(22(27)28-24)18(12-29-21)15-9-8-13-4-1-2-5-14(13)10-15/h1-7,11-12,15H,8-10H2,(H,25,26). The Hall–Kier alpha value is -2.26. The quantitative estimate of drug-likeness (QED) is 0.434. The summed E-state index contributed by atoms with van der Waals surface area (Å²) in [5.41, 5.74) is 4.10. The minimum Gasteiger partial charge on any atom is -0.391 e. The normalized spacial score (nSPS) is 15.4. The van der Waals surface area contributed by atoms with Gasteiger partial charge in [-0.25, -0.2) is 9.18 Å². The largest absolute Gasteiger partial charge is 0.391 e. The van der Waals surface area contributed by atoms with Gasteiger partial charge >= 0.3 is 5.97 Å². The lowest BCUT2D eigenvalue weighted by Gasteiger charge is -2.25. The molecule has 2 aromatic carbocycles. The van der Waals surface area contributed by atoms with Crippen molar-refractivity contribution in [2.45, 2.75) is 25.2 Å².